The average Bonchev–Trinajstić information content (AvgIpc) is 2.77. The highest BCUT2D eigenvalue weighted by molar-refractivity contribution is 7.89. The molecule has 0 spiro atoms. The SMILES string of the molecule is CC(=O)N1CCN(S(=O)(=O)c2ccc(C(=O)OCc3ccccc3[N+](=O)[O-])cc2)CC1. The number of hydrogen-bond donors (Lipinski definition) is 0. The van der Waals surface area contributed by atoms with Gasteiger partial charge in [0.1, 0.15) is 6.61 Å². The van der Waals surface area contributed by atoms with Gasteiger partial charge in [-0.25, -0.2) is 13.2 Å². The second-order valence-corrected chi connectivity index (χ2v) is 8.83. The van der Waals surface area contributed by atoms with Crippen LogP contribution in [-0.2, 0) is 26.2 Å². The van der Waals surface area contributed by atoms with E-state index in [9.17, 15) is 28.1 Å². The van der Waals surface area contributed by atoms with Crippen LogP contribution >= 0.6 is 0 Å². The van der Waals surface area contributed by atoms with Crippen LogP contribution < -0.4 is 0 Å². The van der Waals surface area contributed by atoms with E-state index in [4.69, 9.17) is 4.74 Å². The van der Waals surface area contributed by atoms with Crippen LogP contribution in [0.5, 0.6) is 0 Å². The normalized spacial score (nSPS) is 14.8. The second kappa shape index (κ2) is 9.23. The molecule has 1 fully saturated rings. The molecular formula is C20H21N3O7S. The number of esters is 1. The van der Waals surface area contributed by atoms with Gasteiger partial charge in [-0.2, -0.15) is 4.31 Å². The van der Waals surface area contributed by atoms with Crippen molar-refractivity contribution in [2.45, 2.75) is 18.4 Å². The molecular weight excluding hydrogens is 426 g/mol. The number of benzene rings is 2. The highest BCUT2D eigenvalue weighted by Crippen LogP contribution is 2.21. The molecule has 0 unspecified atom stereocenters. The zero-order chi connectivity index (χ0) is 22.6. The summed E-state index contributed by atoms with van der Waals surface area (Å²) in [4.78, 5) is 35.8. The van der Waals surface area contributed by atoms with Gasteiger partial charge in [-0.15, -0.1) is 0 Å². The first-order valence-corrected chi connectivity index (χ1v) is 10.9. The molecule has 1 saturated heterocycles. The van der Waals surface area contributed by atoms with E-state index < -0.39 is 20.9 Å². The summed E-state index contributed by atoms with van der Waals surface area (Å²) >= 11 is 0. The Bertz CT molecular complexity index is 1090. The molecule has 0 aromatic heterocycles. The number of para-hydroxylation sites is 1. The van der Waals surface area contributed by atoms with E-state index in [1.54, 1.807) is 11.0 Å². The van der Waals surface area contributed by atoms with E-state index in [0.29, 0.717) is 13.1 Å². The number of nitro benzene ring substituents is 1. The summed E-state index contributed by atoms with van der Waals surface area (Å²) < 4.78 is 32.0. The largest absolute Gasteiger partial charge is 0.457 e. The van der Waals surface area contributed by atoms with Crippen LogP contribution in [0.2, 0.25) is 0 Å². The molecule has 1 aliphatic heterocycles. The van der Waals surface area contributed by atoms with Gasteiger partial charge in [0.25, 0.3) is 5.69 Å². The van der Waals surface area contributed by atoms with Gasteiger partial charge in [0.15, 0.2) is 0 Å². The Kier molecular flexibility index (Phi) is 6.66. The zero-order valence-electron chi connectivity index (χ0n) is 16.8. The number of carbonyl (C=O) groups is 2. The summed E-state index contributed by atoms with van der Waals surface area (Å²) in [6.07, 6.45) is 0. The van der Waals surface area contributed by atoms with Crippen molar-refractivity contribution in [1.29, 1.82) is 0 Å². The molecule has 10 nitrogen and oxygen atoms in total. The number of sulfonamides is 1. The van der Waals surface area contributed by atoms with Crippen LogP contribution in [0.15, 0.2) is 53.4 Å². The van der Waals surface area contributed by atoms with Crippen molar-refractivity contribution >= 4 is 27.6 Å². The Morgan fingerprint density at radius 1 is 1.03 bits per heavy atom. The third-order valence-electron chi connectivity index (χ3n) is 4.96. The van der Waals surface area contributed by atoms with Crippen molar-refractivity contribution in [1.82, 2.24) is 9.21 Å². The number of rotatable bonds is 6. The van der Waals surface area contributed by atoms with Gasteiger partial charge < -0.3 is 9.64 Å². The third-order valence-corrected chi connectivity index (χ3v) is 6.87. The number of hydrogen-bond acceptors (Lipinski definition) is 7. The Balaban J connectivity index is 1.65. The highest BCUT2D eigenvalue weighted by Gasteiger charge is 2.29. The van der Waals surface area contributed by atoms with Gasteiger partial charge in [0, 0.05) is 39.2 Å². The smallest absolute Gasteiger partial charge is 0.338 e. The highest BCUT2D eigenvalue weighted by atomic mass is 32.2. The summed E-state index contributed by atoms with van der Waals surface area (Å²) in [6, 6.07) is 11.2. The second-order valence-electron chi connectivity index (χ2n) is 6.90. The molecule has 0 radical (unpaired) electrons. The fourth-order valence-electron chi connectivity index (χ4n) is 3.19. The first kappa shape index (κ1) is 22.4. The molecule has 0 N–H and O–H groups in total. The summed E-state index contributed by atoms with van der Waals surface area (Å²) in [7, 11) is -3.76. The van der Waals surface area contributed by atoms with Crippen molar-refractivity contribution in [3.05, 3.63) is 69.8 Å². The monoisotopic (exact) mass is 447 g/mol. The summed E-state index contributed by atoms with van der Waals surface area (Å²) in [5.74, 6) is -0.821. The summed E-state index contributed by atoms with van der Waals surface area (Å²) in [6.45, 7) is 2.20. The van der Waals surface area contributed by atoms with E-state index in [0.717, 1.165) is 0 Å². The molecule has 0 aliphatic carbocycles. The average molecular weight is 447 g/mol. The van der Waals surface area contributed by atoms with E-state index in [1.807, 2.05) is 0 Å². The summed E-state index contributed by atoms with van der Waals surface area (Å²) in [5, 5.41) is 11.0. The van der Waals surface area contributed by atoms with Gasteiger partial charge >= 0.3 is 5.97 Å². The molecule has 2 aromatic rings. The standard InChI is InChI=1S/C20H21N3O7S/c1-15(24)21-10-12-22(13-11-21)31(28,29)18-8-6-16(7-9-18)20(25)30-14-17-4-2-3-5-19(17)23(26)27/h2-9H,10-14H2,1H3. The van der Waals surface area contributed by atoms with Gasteiger partial charge in [-0.1, -0.05) is 12.1 Å². The topological polar surface area (TPSA) is 127 Å². The lowest BCUT2D eigenvalue weighted by Gasteiger charge is -2.33. The predicted octanol–water partition coefficient (Wildman–Crippen LogP) is 1.80. The summed E-state index contributed by atoms with van der Waals surface area (Å²) in [5.41, 5.74) is 0.227. The zero-order valence-corrected chi connectivity index (χ0v) is 17.6. The van der Waals surface area contributed by atoms with Crippen LogP contribution in [0, 0.1) is 10.1 Å². The number of nitro groups is 1. The minimum atomic E-state index is -3.76. The molecule has 11 heteroatoms. The van der Waals surface area contributed by atoms with Crippen molar-refractivity contribution in [2.75, 3.05) is 26.2 Å². The Morgan fingerprint density at radius 3 is 2.23 bits per heavy atom. The predicted molar refractivity (Wildman–Crippen MR) is 110 cm³/mol. The molecule has 2 aromatic carbocycles. The van der Waals surface area contributed by atoms with Gasteiger partial charge in [0.2, 0.25) is 15.9 Å². The van der Waals surface area contributed by atoms with E-state index >= 15 is 0 Å². The minimum Gasteiger partial charge on any atom is -0.457 e. The molecule has 1 heterocycles. The van der Waals surface area contributed by atoms with Crippen LogP contribution in [0.3, 0.4) is 0 Å². The number of nitrogens with zero attached hydrogens (tertiary/aromatic N) is 3. The van der Waals surface area contributed by atoms with Crippen LogP contribution in [0.4, 0.5) is 5.69 Å². The molecule has 0 saturated carbocycles. The Labute approximate surface area is 179 Å². The molecule has 31 heavy (non-hydrogen) atoms. The van der Waals surface area contributed by atoms with E-state index in [1.165, 1.54) is 53.7 Å². The Morgan fingerprint density at radius 2 is 1.65 bits per heavy atom. The molecule has 164 valence electrons. The first-order valence-electron chi connectivity index (χ1n) is 9.45. The van der Waals surface area contributed by atoms with Gasteiger partial charge in [0.05, 0.1) is 20.9 Å². The number of carbonyl (C=O) groups excluding carboxylic acids is 2. The lowest BCUT2D eigenvalue weighted by Crippen LogP contribution is -2.49. The van der Waals surface area contributed by atoms with Crippen molar-refractivity contribution in [3.8, 4) is 0 Å². The van der Waals surface area contributed by atoms with E-state index in [-0.39, 0.29) is 47.3 Å². The van der Waals surface area contributed by atoms with Gasteiger partial charge in [-0.05, 0) is 30.3 Å². The number of piperazine rings is 1. The minimum absolute atomic E-state index is 0.0269. The molecule has 1 amide bonds. The third kappa shape index (κ3) is 5.06. The quantitative estimate of drug-likeness (QED) is 0.375. The maximum Gasteiger partial charge on any atom is 0.338 e. The molecule has 0 atom stereocenters. The van der Waals surface area contributed by atoms with E-state index in [2.05, 4.69) is 0 Å². The maximum absolute atomic E-state index is 12.8. The van der Waals surface area contributed by atoms with Gasteiger partial charge in [-0.3, -0.25) is 14.9 Å². The first-order chi connectivity index (χ1) is 14.7. The van der Waals surface area contributed by atoms with Crippen molar-refractivity contribution < 1.29 is 27.7 Å². The fraction of sp³-hybridized carbons (Fsp3) is 0.300. The number of ether oxygens (including phenoxy) is 1. The van der Waals surface area contributed by atoms with Crippen LogP contribution in [0.25, 0.3) is 0 Å². The lowest BCUT2D eigenvalue weighted by atomic mass is 10.2. The van der Waals surface area contributed by atoms with Crippen molar-refractivity contribution in [2.24, 2.45) is 0 Å². The molecule has 3 rings (SSSR count). The van der Waals surface area contributed by atoms with Crippen LogP contribution in [-0.4, -0.2) is 60.6 Å². The molecule has 1 aliphatic rings. The molecule has 0 bridgehead atoms. The number of amides is 1. The Hall–Kier alpha value is -3.31. The lowest BCUT2D eigenvalue weighted by molar-refractivity contribution is -0.385. The fourth-order valence-corrected chi connectivity index (χ4v) is 4.62. The maximum atomic E-state index is 12.8. The van der Waals surface area contributed by atoms with Crippen molar-refractivity contribution in [3.63, 3.8) is 0 Å². The van der Waals surface area contributed by atoms with Crippen LogP contribution in [0.1, 0.15) is 22.8 Å².